The molecule has 0 fully saturated rings. The molecule has 2 nitrogen and oxygen atoms in total. The first-order valence-corrected chi connectivity index (χ1v) is 6.79. The Labute approximate surface area is 114 Å². The number of ether oxygens (including phenoxy) is 1. The molecule has 1 aliphatic rings. The third kappa shape index (κ3) is 2.36. The second kappa shape index (κ2) is 5.06. The lowest BCUT2D eigenvalue weighted by molar-refractivity contribution is 0.255. The number of para-hydroxylation sites is 1. The average molecular weight is 253 g/mol. The summed E-state index contributed by atoms with van der Waals surface area (Å²) in [6, 6.07) is 16.8. The van der Waals surface area contributed by atoms with E-state index in [-0.39, 0.29) is 6.04 Å². The minimum absolute atomic E-state index is 0.0330. The summed E-state index contributed by atoms with van der Waals surface area (Å²) in [5.41, 5.74) is 10.2. The molecule has 2 atom stereocenters. The minimum Gasteiger partial charge on any atom is -0.493 e. The Bertz CT molecular complexity index is 562. The van der Waals surface area contributed by atoms with E-state index in [4.69, 9.17) is 10.5 Å². The van der Waals surface area contributed by atoms with Gasteiger partial charge in [0.1, 0.15) is 5.75 Å². The van der Waals surface area contributed by atoms with E-state index in [1.807, 2.05) is 12.1 Å². The molecular formula is C17H19NO. The molecule has 2 unspecified atom stereocenters. The predicted molar refractivity (Wildman–Crippen MR) is 77.4 cm³/mol. The first-order chi connectivity index (χ1) is 9.25. The maximum Gasteiger partial charge on any atom is 0.122 e. The zero-order chi connectivity index (χ0) is 13.2. The maximum absolute atomic E-state index is 6.48. The molecule has 1 heterocycles. The highest BCUT2D eigenvalue weighted by Crippen LogP contribution is 2.40. The molecule has 98 valence electrons. The third-order valence-electron chi connectivity index (χ3n) is 3.90. The van der Waals surface area contributed by atoms with Gasteiger partial charge >= 0.3 is 0 Å². The number of hydrogen-bond acceptors (Lipinski definition) is 2. The minimum atomic E-state index is 0.0330. The van der Waals surface area contributed by atoms with E-state index in [1.165, 1.54) is 16.7 Å². The van der Waals surface area contributed by atoms with Crippen molar-refractivity contribution in [3.63, 3.8) is 0 Å². The van der Waals surface area contributed by atoms with E-state index in [9.17, 15) is 0 Å². The topological polar surface area (TPSA) is 35.2 Å². The van der Waals surface area contributed by atoms with Crippen LogP contribution in [0.2, 0.25) is 0 Å². The third-order valence-corrected chi connectivity index (χ3v) is 3.90. The van der Waals surface area contributed by atoms with Crippen LogP contribution in [0, 0.1) is 6.92 Å². The van der Waals surface area contributed by atoms with Crippen molar-refractivity contribution in [2.45, 2.75) is 25.3 Å². The molecule has 3 rings (SSSR count). The summed E-state index contributed by atoms with van der Waals surface area (Å²) in [5.74, 6) is 1.33. The number of hydrogen-bond donors (Lipinski definition) is 1. The van der Waals surface area contributed by atoms with Crippen LogP contribution in [0.15, 0.2) is 48.5 Å². The first-order valence-electron chi connectivity index (χ1n) is 6.79. The number of benzene rings is 2. The molecule has 0 amide bonds. The fraction of sp³-hybridized carbons (Fsp3) is 0.294. The van der Waals surface area contributed by atoms with Crippen LogP contribution >= 0.6 is 0 Å². The highest BCUT2D eigenvalue weighted by molar-refractivity contribution is 5.40. The second-order valence-electron chi connectivity index (χ2n) is 5.22. The Kier molecular flexibility index (Phi) is 3.26. The molecule has 19 heavy (non-hydrogen) atoms. The Morgan fingerprint density at radius 3 is 2.63 bits per heavy atom. The highest BCUT2D eigenvalue weighted by Gasteiger charge is 2.27. The van der Waals surface area contributed by atoms with E-state index in [0.29, 0.717) is 5.92 Å². The summed E-state index contributed by atoms with van der Waals surface area (Å²) in [7, 11) is 0. The van der Waals surface area contributed by atoms with Crippen LogP contribution < -0.4 is 10.5 Å². The molecule has 0 saturated carbocycles. The second-order valence-corrected chi connectivity index (χ2v) is 5.22. The van der Waals surface area contributed by atoms with Crippen LogP contribution in [0.4, 0.5) is 0 Å². The fourth-order valence-electron chi connectivity index (χ4n) is 2.76. The SMILES string of the molecule is Cc1ccc(C(N)C2CCOc3ccccc32)cc1. The Hall–Kier alpha value is -1.80. The fourth-order valence-corrected chi connectivity index (χ4v) is 2.76. The van der Waals surface area contributed by atoms with E-state index < -0.39 is 0 Å². The Morgan fingerprint density at radius 2 is 1.84 bits per heavy atom. The molecule has 0 aliphatic carbocycles. The van der Waals surface area contributed by atoms with Crippen molar-refractivity contribution in [2.24, 2.45) is 5.73 Å². The van der Waals surface area contributed by atoms with Crippen molar-refractivity contribution in [3.8, 4) is 5.75 Å². The van der Waals surface area contributed by atoms with Gasteiger partial charge in [0.2, 0.25) is 0 Å². The summed E-state index contributed by atoms with van der Waals surface area (Å²) >= 11 is 0. The standard InChI is InChI=1S/C17H19NO/c1-12-6-8-13(9-7-12)17(18)15-10-11-19-16-5-3-2-4-14(15)16/h2-9,15,17H,10-11,18H2,1H3. The van der Waals surface area contributed by atoms with Crippen molar-refractivity contribution < 1.29 is 4.74 Å². The summed E-state index contributed by atoms with van der Waals surface area (Å²) in [5, 5.41) is 0. The summed E-state index contributed by atoms with van der Waals surface area (Å²) in [4.78, 5) is 0. The van der Waals surface area contributed by atoms with Gasteiger partial charge in [-0.15, -0.1) is 0 Å². The van der Waals surface area contributed by atoms with E-state index in [2.05, 4.69) is 43.3 Å². The lowest BCUT2D eigenvalue weighted by Crippen LogP contribution is -2.25. The van der Waals surface area contributed by atoms with Gasteiger partial charge in [0, 0.05) is 12.0 Å². The largest absolute Gasteiger partial charge is 0.493 e. The summed E-state index contributed by atoms with van der Waals surface area (Å²) in [6.07, 6.45) is 0.978. The Balaban J connectivity index is 1.92. The smallest absolute Gasteiger partial charge is 0.122 e. The van der Waals surface area contributed by atoms with Gasteiger partial charge in [-0.25, -0.2) is 0 Å². The van der Waals surface area contributed by atoms with Crippen LogP contribution in [-0.4, -0.2) is 6.61 Å². The highest BCUT2D eigenvalue weighted by atomic mass is 16.5. The molecule has 0 saturated heterocycles. The predicted octanol–water partition coefficient (Wildman–Crippen LogP) is 3.56. The average Bonchev–Trinajstić information content (AvgIpc) is 2.47. The lowest BCUT2D eigenvalue weighted by atomic mass is 9.83. The van der Waals surface area contributed by atoms with E-state index in [0.717, 1.165) is 18.8 Å². The van der Waals surface area contributed by atoms with Gasteiger partial charge in [-0.05, 0) is 30.5 Å². The molecule has 1 aliphatic heterocycles. The van der Waals surface area contributed by atoms with Crippen LogP contribution in [0.1, 0.15) is 35.1 Å². The van der Waals surface area contributed by atoms with Crippen molar-refractivity contribution in [3.05, 3.63) is 65.2 Å². The van der Waals surface area contributed by atoms with Crippen molar-refractivity contribution in [2.75, 3.05) is 6.61 Å². The molecule has 0 aromatic heterocycles. The van der Waals surface area contributed by atoms with Gasteiger partial charge < -0.3 is 10.5 Å². The first kappa shape index (κ1) is 12.2. The van der Waals surface area contributed by atoms with Gasteiger partial charge in [0.15, 0.2) is 0 Å². The molecule has 0 bridgehead atoms. The van der Waals surface area contributed by atoms with Gasteiger partial charge in [-0.2, -0.15) is 0 Å². The van der Waals surface area contributed by atoms with E-state index >= 15 is 0 Å². The van der Waals surface area contributed by atoms with Crippen LogP contribution in [0.5, 0.6) is 5.75 Å². The molecule has 0 spiro atoms. The normalized spacial score (nSPS) is 19.4. The Morgan fingerprint density at radius 1 is 1.11 bits per heavy atom. The van der Waals surface area contributed by atoms with Crippen molar-refractivity contribution >= 4 is 0 Å². The monoisotopic (exact) mass is 253 g/mol. The van der Waals surface area contributed by atoms with Gasteiger partial charge in [-0.3, -0.25) is 0 Å². The quantitative estimate of drug-likeness (QED) is 0.888. The lowest BCUT2D eigenvalue weighted by Gasteiger charge is -2.30. The molecule has 2 heteroatoms. The molecule has 2 aromatic carbocycles. The van der Waals surface area contributed by atoms with E-state index in [1.54, 1.807) is 0 Å². The molecule has 2 N–H and O–H groups in total. The summed E-state index contributed by atoms with van der Waals surface area (Å²) in [6.45, 7) is 2.85. The van der Waals surface area contributed by atoms with Crippen molar-refractivity contribution in [1.82, 2.24) is 0 Å². The van der Waals surface area contributed by atoms with Gasteiger partial charge in [0.25, 0.3) is 0 Å². The van der Waals surface area contributed by atoms with Gasteiger partial charge in [-0.1, -0.05) is 48.0 Å². The maximum atomic E-state index is 6.48. The van der Waals surface area contributed by atoms with Gasteiger partial charge in [0.05, 0.1) is 6.61 Å². The van der Waals surface area contributed by atoms with Crippen LogP contribution in [0.25, 0.3) is 0 Å². The molecular weight excluding hydrogens is 234 g/mol. The number of fused-ring (bicyclic) bond motifs is 1. The zero-order valence-electron chi connectivity index (χ0n) is 11.2. The number of rotatable bonds is 2. The molecule has 0 radical (unpaired) electrons. The van der Waals surface area contributed by atoms with Crippen molar-refractivity contribution in [1.29, 1.82) is 0 Å². The van der Waals surface area contributed by atoms with Crippen LogP contribution in [-0.2, 0) is 0 Å². The zero-order valence-corrected chi connectivity index (χ0v) is 11.2. The molecule has 2 aromatic rings. The van der Waals surface area contributed by atoms with Crippen LogP contribution in [0.3, 0.4) is 0 Å². The summed E-state index contributed by atoms with van der Waals surface area (Å²) < 4.78 is 5.70. The number of aryl methyl sites for hydroxylation is 1. The number of nitrogens with two attached hydrogens (primary N) is 1.